The lowest BCUT2D eigenvalue weighted by Gasteiger charge is -2.15. The lowest BCUT2D eigenvalue weighted by atomic mass is 10.1. The van der Waals surface area contributed by atoms with Crippen LogP contribution in [0.1, 0.15) is 31.4 Å². The molecule has 2 rings (SSSR count). The van der Waals surface area contributed by atoms with E-state index >= 15 is 0 Å². The van der Waals surface area contributed by atoms with E-state index in [2.05, 4.69) is 45.1 Å². The van der Waals surface area contributed by atoms with Crippen LogP contribution >= 0.6 is 11.3 Å². The summed E-state index contributed by atoms with van der Waals surface area (Å²) in [5, 5.41) is 3.86. The molecule has 0 radical (unpaired) electrons. The smallest absolute Gasteiger partial charge is 0.239 e. The zero-order valence-corrected chi connectivity index (χ0v) is 14.9. The summed E-state index contributed by atoms with van der Waals surface area (Å²) < 4.78 is 1.21. The van der Waals surface area contributed by atoms with E-state index in [0.717, 1.165) is 23.6 Å². The standard InChI is InChI=1S/C17H25N3OS/c1-11(2)8-9-18-14(21)10-20(5)17-19-15-12(3)6-7-13(4)16(15)22-17/h6-7,11H,8-10H2,1-5H3,(H,18,21). The maximum atomic E-state index is 12.0. The van der Waals surface area contributed by atoms with Gasteiger partial charge in [0.05, 0.1) is 16.8 Å². The third-order valence-corrected chi connectivity index (χ3v) is 4.99. The van der Waals surface area contributed by atoms with Gasteiger partial charge in [0.1, 0.15) is 0 Å². The summed E-state index contributed by atoms with van der Waals surface area (Å²) in [6, 6.07) is 4.22. The van der Waals surface area contributed by atoms with Crippen LogP contribution in [-0.2, 0) is 4.79 Å². The molecule has 22 heavy (non-hydrogen) atoms. The SMILES string of the molecule is Cc1ccc(C)c2sc(N(C)CC(=O)NCCC(C)C)nc12. The van der Waals surface area contributed by atoms with E-state index < -0.39 is 0 Å². The summed E-state index contributed by atoms with van der Waals surface area (Å²) >= 11 is 1.65. The Morgan fingerprint density at radius 3 is 2.64 bits per heavy atom. The Kier molecular flexibility index (Phi) is 5.40. The van der Waals surface area contributed by atoms with Gasteiger partial charge in [0, 0.05) is 13.6 Å². The first kappa shape index (κ1) is 16.7. The molecule has 0 fully saturated rings. The number of carbonyl (C=O) groups is 1. The van der Waals surface area contributed by atoms with Crippen LogP contribution < -0.4 is 10.2 Å². The lowest BCUT2D eigenvalue weighted by molar-refractivity contribution is -0.119. The third-order valence-electron chi connectivity index (χ3n) is 3.68. The van der Waals surface area contributed by atoms with Crippen molar-refractivity contribution >= 4 is 32.6 Å². The van der Waals surface area contributed by atoms with Crippen LogP contribution in [-0.4, -0.2) is 31.0 Å². The highest BCUT2D eigenvalue weighted by atomic mass is 32.1. The van der Waals surface area contributed by atoms with Gasteiger partial charge in [-0.1, -0.05) is 37.3 Å². The van der Waals surface area contributed by atoms with Crippen molar-refractivity contribution in [3.05, 3.63) is 23.3 Å². The fraction of sp³-hybridized carbons (Fsp3) is 0.529. The minimum atomic E-state index is 0.0517. The number of likely N-dealkylation sites (N-methyl/N-ethyl adjacent to an activating group) is 1. The van der Waals surface area contributed by atoms with Crippen LogP contribution in [0.5, 0.6) is 0 Å². The molecule has 0 unspecified atom stereocenters. The van der Waals surface area contributed by atoms with Crippen LogP contribution in [0.4, 0.5) is 5.13 Å². The van der Waals surface area contributed by atoms with Gasteiger partial charge in [-0.2, -0.15) is 0 Å². The molecule has 0 bridgehead atoms. The number of nitrogens with zero attached hydrogens (tertiary/aromatic N) is 2. The van der Waals surface area contributed by atoms with Gasteiger partial charge in [-0.3, -0.25) is 4.79 Å². The summed E-state index contributed by atoms with van der Waals surface area (Å²) in [5.41, 5.74) is 3.46. The van der Waals surface area contributed by atoms with Gasteiger partial charge < -0.3 is 10.2 Å². The minimum Gasteiger partial charge on any atom is -0.355 e. The molecule has 0 saturated heterocycles. The monoisotopic (exact) mass is 319 g/mol. The van der Waals surface area contributed by atoms with Crippen LogP contribution in [0.3, 0.4) is 0 Å². The molecule has 0 aliphatic heterocycles. The number of carbonyl (C=O) groups excluding carboxylic acids is 1. The normalized spacial score (nSPS) is 11.2. The number of aryl methyl sites for hydroxylation is 2. The van der Waals surface area contributed by atoms with Crippen molar-refractivity contribution in [3.63, 3.8) is 0 Å². The molecule has 5 heteroatoms. The topological polar surface area (TPSA) is 45.2 Å². The number of aromatic nitrogens is 1. The zero-order valence-electron chi connectivity index (χ0n) is 14.1. The average Bonchev–Trinajstić information content (AvgIpc) is 2.89. The number of rotatable bonds is 6. The number of fused-ring (bicyclic) bond motifs is 1. The van der Waals surface area contributed by atoms with Gasteiger partial charge in [0.15, 0.2) is 5.13 Å². The summed E-state index contributed by atoms with van der Waals surface area (Å²) in [4.78, 5) is 18.6. The Hall–Kier alpha value is -1.62. The molecule has 1 heterocycles. The first-order valence-corrected chi connectivity index (χ1v) is 8.54. The van der Waals surface area contributed by atoms with Crippen molar-refractivity contribution in [1.29, 1.82) is 0 Å². The molecule has 1 aromatic carbocycles. The van der Waals surface area contributed by atoms with E-state index in [1.54, 1.807) is 11.3 Å². The van der Waals surface area contributed by atoms with E-state index in [0.29, 0.717) is 12.5 Å². The van der Waals surface area contributed by atoms with Gasteiger partial charge in [-0.05, 0) is 37.3 Å². The quantitative estimate of drug-likeness (QED) is 0.886. The second kappa shape index (κ2) is 7.09. The first-order valence-electron chi connectivity index (χ1n) is 7.73. The molecule has 1 aromatic heterocycles. The number of benzene rings is 1. The van der Waals surface area contributed by atoms with E-state index in [4.69, 9.17) is 4.98 Å². The lowest BCUT2D eigenvalue weighted by Crippen LogP contribution is -2.35. The van der Waals surface area contributed by atoms with Gasteiger partial charge in [-0.15, -0.1) is 0 Å². The molecule has 0 spiro atoms. The molecule has 0 saturated carbocycles. The van der Waals surface area contributed by atoms with Gasteiger partial charge in [0.25, 0.3) is 0 Å². The summed E-state index contributed by atoms with van der Waals surface area (Å²) in [6.07, 6.45) is 1.01. The van der Waals surface area contributed by atoms with Crippen molar-refractivity contribution in [2.45, 2.75) is 34.1 Å². The molecule has 0 aliphatic rings. The summed E-state index contributed by atoms with van der Waals surface area (Å²) in [6.45, 7) is 9.57. The number of amides is 1. The Morgan fingerprint density at radius 1 is 1.32 bits per heavy atom. The maximum absolute atomic E-state index is 12.0. The summed E-state index contributed by atoms with van der Waals surface area (Å²) in [7, 11) is 1.92. The van der Waals surface area contributed by atoms with Crippen LogP contribution in [0.15, 0.2) is 12.1 Å². The van der Waals surface area contributed by atoms with E-state index in [-0.39, 0.29) is 5.91 Å². The predicted molar refractivity (Wildman–Crippen MR) is 94.8 cm³/mol. The first-order chi connectivity index (χ1) is 10.4. The second-order valence-corrected chi connectivity index (χ2v) is 7.24. The van der Waals surface area contributed by atoms with E-state index in [1.807, 2.05) is 11.9 Å². The molecule has 120 valence electrons. The Labute approximate surface area is 136 Å². The Morgan fingerprint density at radius 2 is 2.00 bits per heavy atom. The van der Waals surface area contributed by atoms with Gasteiger partial charge in [-0.25, -0.2) is 4.98 Å². The van der Waals surface area contributed by atoms with Crippen molar-refractivity contribution in [1.82, 2.24) is 10.3 Å². The number of nitrogens with one attached hydrogen (secondary N) is 1. The van der Waals surface area contributed by atoms with E-state index in [1.165, 1.54) is 15.8 Å². The number of anilines is 1. The number of thiazole rings is 1. The fourth-order valence-electron chi connectivity index (χ4n) is 2.25. The molecule has 2 aromatic rings. The zero-order chi connectivity index (χ0) is 16.3. The van der Waals surface area contributed by atoms with Crippen molar-refractivity contribution < 1.29 is 4.79 Å². The molecule has 4 nitrogen and oxygen atoms in total. The fourth-order valence-corrected chi connectivity index (χ4v) is 3.32. The minimum absolute atomic E-state index is 0.0517. The molecular formula is C17H25N3OS. The highest BCUT2D eigenvalue weighted by molar-refractivity contribution is 7.22. The van der Waals surface area contributed by atoms with Crippen molar-refractivity contribution in [2.75, 3.05) is 25.0 Å². The molecule has 0 atom stereocenters. The number of hydrogen-bond acceptors (Lipinski definition) is 4. The highest BCUT2D eigenvalue weighted by Crippen LogP contribution is 2.32. The predicted octanol–water partition coefficient (Wildman–Crippen LogP) is 3.51. The Bertz CT molecular complexity index is 624. The van der Waals surface area contributed by atoms with Crippen LogP contribution in [0.2, 0.25) is 0 Å². The molecule has 1 N–H and O–H groups in total. The largest absolute Gasteiger partial charge is 0.355 e. The Balaban J connectivity index is 2.04. The summed E-state index contributed by atoms with van der Waals surface area (Å²) in [5.74, 6) is 0.657. The van der Waals surface area contributed by atoms with Gasteiger partial charge >= 0.3 is 0 Å². The van der Waals surface area contributed by atoms with E-state index in [9.17, 15) is 4.79 Å². The van der Waals surface area contributed by atoms with Gasteiger partial charge in [0.2, 0.25) is 5.91 Å². The molecular weight excluding hydrogens is 294 g/mol. The second-order valence-electron chi connectivity index (χ2n) is 6.26. The third kappa shape index (κ3) is 3.97. The average molecular weight is 319 g/mol. The van der Waals surface area contributed by atoms with Crippen LogP contribution in [0.25, 0.3) is 10.2 Å². The van der Waals surface area contributed by atoms with Crippen molar-refractivity contribution in [2.24, 2.45) is 5.92 Å². The van der Waals surface area contributed by atoms with Crippen molar-refractivity contribution in [3.8, 4) is 0 Å². The highest BCUT2D eigenvalue weighted by Gasteiger charge is 2.14. The maximum Gasteiger partial charge on any atom is 0.239 e. The molecule has 0 aliphatic carbocycles. The molecule has 1 amide bonds. The van der Waals surface area contributed by atoms with Crippen LogP contribution in [0, 0.1) is 19.8 Å². The number of hydrogen-bond donors (Lipinski definition) is 1.